The van der Waals surface area contributed by atoms with Crippen LogP contribution in [0.1, 0.15) is 37.8 Å². The van der Waals surface area contributed by atoms with Crippen LogP contribution in [0.25, 0.3) is 0 Å². The summed E-state index contributed by atoms with van der Waals surface area (Å²) in [5, 5.41) is 8.89. The van der Waals surface area contributed by atoms with Crippen molar-refractivity contribution in [2.75, 3.05) is 6.61 Å². The van der Waals surface area contributed by atoms with E-state index in [0.717, 1.165) is 24.5 Å². The molecule has 86 valence electrons. The van der Waals surface area contributed by atoms with E-state index in [-0.39, 0.29) is 0 Å². The van der Waals surface area contributed by atoms with Gasteiger partial charge in [0.15, 0.2) is 0 Å². The molecule has 0 heterocycles. The summed E-state index contributed by atoms with van der Waals surface area (Å²) in [5.74, 6) is 0.731. The highest BCUT2D eigenvalue weighted by Gasteiger charge is 2.00. The lowest BCUT2D eigenvalue weighted by Gasteiger charge is -2.07. The van der Waals surface area contributed by atoms with Gasteiger partial charge in [-0.25, -0.2) is 0 Å². The van der Waals surface area contributed by atoms with E-state index >= 15 is 0 Å². The highest BCUT2D eigenvalue weighted by molar-refractivity contribution is 5.36. The van der Waals surface area contributed by atoms with Crippen molar-refractivity contribution in [2.45, 2.75) is 33.3 Å². The summed E-state index contributed by atoms with van der Waals surface area (Å²) < 4.78 is 5.56. The van der Waals surface area contributed by atoms with Crippen LogP contribution < -0.4 is 0 Å². The smallest absolute Gasteiger partial charge is 0.0995 e. The third-order valence-electron chi connectivity index (χ3n) is 2.47. The van der Waals surface area contributed by atoms with Crippen LogP contribution in [0.4, 0.5) is 0 Å². The summed E-state index contributed by atoms with van der Waals surface area (Å²) in [7, 11) is 0. The minimum atomic E-state index is 0.543. The zero-order valence-electron chi connectivity index (χ0n) is 10.1. The summed E-state index contributed by atoms with van der Waals surface area (Å²) in [5.41, 5.74) is 1.70. The fourth-order valence-electron chi connectivity index (χ4n) is 1.53. The molecular weight excluding hydrogens is 198 g/mol. The number of hydrogen-bond donors (Lipinski definition) is 0. The average Bonchev–Trinajstić information content (AvgIpc) is 2.29. The van der Waals surface area contributed by atoms with Gasteiger partial charge in [-0.05, 0) is 30.4 Å². The Balaban J connectivity index is 2.30. The maximum Gasteiger partial charge on any atom is 0.0995 e. The van der Waals surface area contributed by atoms with Gasteiger partial charge in [-0.3, -0.25) is 0 Å². The maximum absolute atomic E-state index is 8.89. The number of hydrogen-bond acceptors (Lipinski definition) is 2. The minimum Gasteiger partial charge on any atom is -0.377 e. The molecule has 16 heavy (non-hydrogen) atoms. The van der Waals surface area contributed by atoms with Crippen molar-refractivity contribution in [1.29, 1.82) is 5.26 Å². The van der Waals surface area contributed by atoms with E-state index in [1.165, 1.54) is 6.42 Å². The second-order valence-electron chi connectivity index (χ2n) is 4.36. The van der Waals surface area contributed by atoms with E-state index in [4.69, 9.17) is 10.00 Å². The van der Waals surface area contributed by atoms with Gasteiger partial charge in [0.25, 0.3) is 0 Å². The van der Waals surface area contributed by atoms with Gasteiger partial charge in [-0.1, -0.05) is 32.0 Å². The number of rotatable bonds is 6. The van der Waals surface area contributed by atoms with Crippen LogP contribution in [-0.2, 0) is 11.3 Å². The SMILES string of the molecule is CC(C)CCCOCc1ccccc1C#N. The Labute approximate surface area is 97.9 Å². The molecule has 2 heteroatoms. The zero-order chi connectivity index (χ0) is 11.8. The molecule has 0 atom stereocenters. The molecule has 0 saturated heterocycles. The molecule has 0 aromatic heterocycles. The van der Waals surface area contributed by atoms with E-state index in [1.54, 1.807) is 0 Å². The van der Waals surface area contributed by atoms with Gasteiger partial charge >= 0.3 is 0 Å². The Morgan fingerprint density at radius 3 is 2.75 bits per heavy atom. The first-order chi connectivity index (χ1) is 7.74. The molecule has 0 radical (unpaired) electrons. The van der Waals surface area contributed by atoms with E-state index in [9.17, 15) is 0 Å². The van der Waals surface area contributed by atoms with E-state index in [0.29, 0.717) is 12.2 Å². The van der Waals surface area contributed by atoms with Crippen molar-refractivity contribution in [3.63, 3.8) is 0 Å². The maximum atomic E-state index is 8.89. The number of nitriles is 1. The lowest BCUT2D eigenvalue weighted by Crippen LogP contribution is -1.99. The van der Waals surface area contributed by atoms with Crippen LogP contribution in [0, 0.1) is 17.2 Å². The van der Waals surface area contributed by atoms with E-state index in [1.807, 2.05) is 24.3 Å². The molecule has 0 aliphatic heterocycles. The normalized spacial score (nSPS) is 10.4. The first-order valence-corrected chi connectivity index (χ1v) is 5.79. The number of benzene rings is 1. The minimum absolute atomic E-state index is 0.543. The fourth-order valence-corrected chi connectivity index (χ4v) is 1.53. The highest BCUT2D eigenvalue weighted by Crippen LogP contribution is 2.09. The van der Waals surface area contributed by atoms with Crippen molar-refractivity contribution in [3.8, 4) is 6.07 Å². The molecule has 1 aromatic rings. The Morgan fingerprint density at radius 1 is 1.31 bits per heavy atom. The topological polar surface area (TPSA) is 33.0 Å². The lowest BCUT2D eigenvalue weighted by molar-refractivity contribution is 0.114. The van der Waals surface area contributed by atoms with Crippen molar-refractivity contribution >= 4 is 0 Å². The van der Waals surface area contributed by atoms with Gasteiger partial charge in [0.2, 0.25) is 0 Å². The predicted molar refractivity (Wildman–Crippen MR) is 64.9 cm³/mol. The molecule has 1 aromatic carbocycles. The van der Waals surface area contributed by atoms with Gasteiger partial charge in [0, 0.05) is 6.61 Å². The summed E-state index contributed by atoms with van der Waals surface area (Å²) in [6.07, 6.45) is 2.28. The largest absolute Gasteiger partial charge is 0.377 e. The Kier molecular flexibility index (Phi) is 5.60. The Hall–Kier alpha value is -1.33. The molecule has 2 nitrogen and oxygen atoms in total. The van der Waals surface area contributed by atoms with Gasteiger partial charge in [-0.15, -0.1) is 0 Å². The van der Waals surface area contributed by atoms with Crippen LogP contribution >= 0.6 is 0 Å². The molecule has 1 rings (SSSR count). The molecule has 0 spiro atoms. The van der Waals surface area contributed by atoms with Crippen LogP contribution in [0.2, 0.25) is 0 Å². The molecule has 0 saturated carbocycles. The molecule has 0 aliphatic carbocycles. The van der Waals surface area contributed by atoms with Gasteiger partial charge in [0.1, 0.15) is 0 Å². The first kappa shape index (κ1) is 12.7. The van der Waals surface area contributed by atoms with Crippen molar-refractivity contribution in [1.82, 2.24) is 0 Å². The number of ether oxygens (including phenoxy) is 1. The summed E-state index contributed by atoms with van der Waals surface area (Å²) >= 11 is 0. The number of nitrogens with zero attached hydrogens (tertiary/aromatic N) is 1. The van der Waals surface area contributed by atoms with Crippen molar-refractivity contribution in [3.05, 3.63) is 35.4 Å². The second kappa shape index (κ2) is 7.03. The lowest BCUT2D eigenvalue weighted by atomic mass is 10.1. The van der Waals surface area contributed by atoms with Gasteiger partial charge in [-0.2, -0.15) is 5.26 Å². The fraction of sp³-hybridized carbons (Fsp3) is 0.500. The quantitative estimate of drug-likeness (QED) is 0.683. The van der Waals surface area contributed by atoms with E-state index < -0.39 is 0 Å². The van der Waals surface area contributed by atoms with Crippen LogP contribution in [0.5, 0.6) is 0 Å². The van der Waals surface area contributed by atoms with Gasteiger partial charge in [0.05, 0.1) is 18.2 Å². The standard InChI is InChI=1S/C14H19NO/c1-12(2)6-5-9-16-11-14-8-4-3-7-13(14)10-15/h3-4,7-8,12H,5-6,9,11H2,1-2H3. The first-order valence-electron chi connectivity index (χ1n) is 5.79. The third-order valence-corrected chi connectivity index (χ3v) is 2.47. The monoisotopic (exact) mass is 217 g/mol. The molecule has 0 amide bonds. The van der Waals surface area contributed by atoms with Crippen LogP contribution in [0.15, 0.2) is 24.3 Å². The average molecular weight is 217 g/mol. The molecular formula is C14H19NO. The molecule has 0 bridgehead atoms. The second-order valence-corrected chi connectivity index (χ2v) is 4.36. The van der Waals surface area contributed by atoms with Crippen molar-refractivity contribution in [2.24, 2.45) is 5.92 Å². The molecule has 0 aliphatic rings. The van der Waals surface area contributed by atoms with Crippen LogP contribution in [-0.4, -0.2) is 6.61 Å². The third kappa shape index (κ3) is 4.46. The summed E-state index contributed by atoms with van der Waals surface area (Å²) in [6.45, 7) is 5.75. The van der Waals surface area contributed by atoms with Crippen molar-refractivity contribution < 1.29 is 4.74 Å². The zero-order valence-corrected chi connectivity index (χ0v) is 10.1. The summed E-state index contributed by atoms with van der Waals surface area (Å²) in [6, 6.07) is 9.76. The summed E-state index contributed by atoms with van der Waals surface area (Å²) in [4.78, 5) is 0. The highest BCUT2D eigenvalue weighted by atomic mass is 16.5. The Morgan fingerprint density at radius 2 is 2.06 bits per heavy atom. The Bertz CT molecular complexity index is 352. The molecule has 0 unspecified atom stereocenters. The van der Waals surface area contributed by atoms with Gasteiger partial charge < -0.3 is 4.74 Å². The molecule has 0 fully saturated rings. The van der Waals surface area contributed by atoms with Crippen LogP contribution in [0.3, 0.4) is 0 Å². The predicted octanol–water partition coefficient (Wildman–Crippen LogP) is 3.51. The van der Waals surface area contributed by atoms with E-state index in [2.05, 4.69) is 19.9 Å². The molecule has 0 N–H and O–H groups in total.